The summed E-state index contributed by atoms with van der Waals surface area (Å²) >= 11 is 0. The van der Waals surface area contributed by atoms with E-state index in [-0.39, 0.29) is 29.8 Å². The number of nitrogens with one attached hydrogen (secondary N) is 1. The first-order valence-corrected chi connectivity index (χ1v) is 13.5. The van der Waals surface area contributed by atoms with Gasteiger partial charge in [-0.1, -0.05) is 68.4 Å². The highest BCUT2D eigenvalue weighted by atomic mass is 32.2. The number of likely N-dealkylation sites (N-methyl/N-ethyl adjacent to an activating group) is 1. The standard InChI is InChI=1S/C28H35N3O4S/c1-20(2)17-29-28(33)22(4)31(18-25-13-7-6-10-21(25)3)27(32)19-30(5)36(34,35)26-15-14-23-11-8-9-12-24(23)16-26/h6-16,20,22H,17-19H2,1-5H3,(H,29,33). The van der Waals surface area contributed by atoms with Crippen LogP contribution >= 0.6 is 0 Å². The van der Waals surface area contributed by atoms with E-state index in [1.54, 1.807) is 25.1 Å². The number of fused-ring (bicyclic) bond motifs is 1. The SMILES string of the molecule is Cc1ccccc1CN(C(=O)CN(C)S(=O)(=O)c1ccc2ccccc2c1)C(C)C(=O)NCC(C)C. The third-order valence-corrected chi connectivity index (χ3v) is 8.04. The van der Waals surface area contributed by atoms with Crippen LogP contribution in [0.15, 0.2) is 71.6 Å². The largest absolute Gasteiger partial charge is 0.354 e. The van der Waals surface area contributed by atoms with Crippen LogP contribution in [-0.2, 0) is 26.2 Å². The molecule has 1 N–H and O–H groups in total. The molecule has 8 heteroatoms. The number of rotatable bonds is 10. The minimum Gasteiger partial charge on any atom is -0.354 e. The Kier molecular flexibility index (Phi) is 8.87. The Balaban J connectivity index is 1.84. The van der Waals surface area contributed by atoms with E-state index in [0.29, 0.717) is 6.54 Å². The summed E-state index contributed by atoms with van der Waals surface area (Å²) in [6.45, 7) is 7.91. The maximum absolute atomic E-state index is 13.5. The van der Waals surface area contributed by atoms with Crippen molar-refractivity contribution < 1.29 is 18.0 Å². The van der Waals surface area contributed by atoms with Crippen LogP contribution in [0, 0.1) is 12.8 Å². The van der Waals surface area contributed by atoms with E-state index in [1.165, 1.54) is 11.9 Å². The van der Waals surface area contributed by atoms with Crippen molar-refractivity contribution >= 4 is 32.6 Å². The second-order valence-corrected chi connectivity index (χ2v) is 11.6. The van der Waals surface area contributed by atoms with Crippen LogP contribution in [-0.4, -0.2) is 55.6 Å². The molecule has 0 spiro atoms. The van der Waals surface area contributed by atoms with Crippen molar-refractivity contribution in [2.24, 2.45) is 5.92 Å². The quantitative estimate of drug-likeness (QED) is 0.448. The molecule has 1 unspecified atom stereocenters. The molecule has 0 heterocycles. The van der Waals surface area contributed by atoms with E-state index in [4.69, 9.17) is 0 Å². The van der Waals surface area contributed by atoms with Crippen LogP contribution in [0.1, 0.15) is 31.9 Å². The summed E-state index contributed by atoms with van der Waals surface area (Å²) in [4.78, 5) is 27.9. The Morgan fingerprint density at radius 1 is 0.917 bits per heavy atom. The zero-order chi connectivity index (χ0) is 26.5. The lowest BCUT2D eigenvalue weighted by atomic mass is 10.1. The Morgan fingerprint density at radius 3 is 2.22 bits per heavy atom. The molecule has 0 aliphatic heterocycles. The molecule has 36 heavy (non-hydrogen) atoms. The third kappa shape index (κ3) is 6.50. The Bertz CT molecular complexity index is 1340. The molecule has 0 bridgehead atoms. The van der Waals surface area contributed by atoms with Crippen LogP contribution in [0.5, 0.6) is 0 Å². The highest BCUT2D eigenvalue weighted by molar-refractivity contribution is 7.89. The molecule has 0 aromatic heterocycles. The van der Waals surface area contributed by atoms with Gasteiger partial charge in [-0.05, 0) is 53.8 Å². The van der Waals surface area contributed by atoms with E-state index in [9.17, 15) is 18.0 Å². The molecule has 1 atom stereocenters. The summed E-state index contributed by atoms with van der Waals surface area (Å²) in [6, 6.07) is 19.3. The molecule has 3 rings (SSSR count). The van der Waals surface area contributed by atoms with Gasteiger partial charge in [0.05, 0.1) is 11.4 Å². The number of hydrogen-bond acceptors (Lipinski definition) is 4. The van der Waals surface area contributed by atoms with Gasteiger partial charge in [-0.3, -0.25) is 9.59 Å². The predicted octanol–water partition coefficient (Wildman–Crippen LogP) is 3.96. The molecule has 0 saturated carbocycles. The minimum atomic E-state index is -3.92. The normalized spacial score (nSPS) is 12.6. The van der Waals surface area contributed by atoms with Gasteiger partial charge in [0.15, 0.2) is 0 Å². The van der Waals surface area contributed by atoms with Gasteiger partial charge in [0.2, 0.25) is 21.8 Å². The molecule has 0 saturated heterocycles. The topological polar surface area (TPSA) is 86.8 Å². The van der Waals surface area contributed by atoms with Crippen molar-refractivity contribution in [2.75, 3.05) is 20.1 Å². The molecular formula is C28H35N3O4S. The van der Waals surface area contributed by atoms with Crippen molar-refractivity contribution in [1.29, 1.82) is 0 Å². The molecule has 3 aromatic rings. The van der Waals surface area contributed by atoms with Gasteiger partial charge in [-0.25, -0.2) is 8.42 Å². The van der Waals surface area contributed by atoms with Crippen LogP contribution in [0.25, 0.3) is 10.8 Å². The van der Waals surface area contributed by atoms with Crippen LogP contribution in [0.3, 0.4) is 0 Å². The number of hydrogen-bond donors (Lipinski definition) is 1. The van der Waals surface area contributed by atoms with E-state index in [2.05, 4.69) is 5.32 Å². The van der Waals surface area contributed by atoms with E-state index < -0.39 is 22.0 Å². The minimum absolute atomic E-state index is 0.115. The number of benzene rings is 3. The lowest BCUT2D eigenvalue weighted by Gasteiger charge is -2.31. The van der Waals surface area contributed by atoms with Crippen molar-refractivity contribution in [3.8, 4) is 0 Å². The lowest BCUT2D eigenvalue weighted by molar-refractivity contribution is -0.140. The van der Waals surface area contributed by atoms with E-state index in [0.717, 1.165) is 26.2 Å². The molecule has 0 radical (unpaired) electrons. The number of sulfonamides is 1. The van der Waals surface area contributed by atoms with Gasteiger partial charge in [0, 0.05) is 20.1 Å². The fourth-order valence-corrected chi connectivity index (χ4v) is 5.04. The molecule has 7 nitrogen and oxygen atoms in total. The third-order valence-electron chi connectivity index (χ3n) is 6.24. The van der Waals surface area contributed by atoms with Gasteiger partial charge < -0.3 is 10.2 Å². The molecule has 3 aromatic carbocycles. The maximum Gasteiger partial charge on any atom is 0.243 e. The zero-order valence-electron chi connectivity index (χ0n) is 21.6. The average Bonchev–Trinajstić information content (AvgIpc) is 2.85. The number of aryl methyl sites for hydroxylation is 1. The lowest BCUT2D eigenvalue weighted by Crippen LogP contribution is -2.51. The molecule has 2 amide bonds. The predicted molar refractivity (Wildman–Crippen MR) is 143 cm³/mol. The van der Waals surface area contributed by atoms with Gasteiger partial charge in [0.1, 0.15) is 6.04 Å². The summed E-state index contributed by atoms with van der Waals surface area (Å²) in [6.07, 6.45) is 0. The fraction of sp³-hybridized carbons (Fsp3) is 0.357. The number of nitrogens with zero attached hydrogens (tertiary/aromatic N) is 2. The van der Waals surface area contributed by atoms with Crippen molar-refractivity contribution in [1.82, 2.24) is 14.5 Å². The van der Waals surface area contributed by atoms with Gasteiger partial charge in [-0.2, -0.15) is 4.31 Å². The summed E-state index contributed by atoms with van der Waals surface area (Å²) < 4.78 is 27.7. The smallest absolute Gasteiger partial charge is 0.243 e. The first-order chi connectivity index (χ1) is 17.0. The second kappa shape index (κ2) is 11.7. The summed E-state index contributed by atoms with van der Waals surface area (Å²) in [5.74, 6) is -0.456. The van der Waals surface area contributed by atoms with Crippen LogP contribution in [0.2, 0.25) is 0 Å². The molecule has 0 aliphatic rings. The Hall–Kier alpha value is -3.23. The fourth-order valence-electron chi connectivity index (χ4n) is 3.88. The summed E-state index contributed by atoms with van der Waals surface area (Å²) in [7, 11) is -2.54. The molecule has 192 valence electrons. The number of carbonyl (C=O) groups is 2. The highest BCUT2D eigenvalue weighted by Gasteiger charge is 2.30. The molecule has 0 aliphatic carbocycles. The van der Waals surface area contributed by atoms with Gasteiger partial charge in [0.25, 0.3) is 0 Å². The highest BCUT2D eigenvalue weighted by Crippen LogP contribution is 2.22. The number of amides is 2. The number of carbonyl (C=O) groups excluding carboxylic acids is 2. The first kappa shape index (κ1) is 27.4. The Labute approximate surface area is 214 Å². The van der Waals surface area contributed by atoms with Crippen LogP contribution in [0.4, 0.5) is 0 Å². The van der Waals surface area contributed by atoms with Crippen molar-refractivity contribution in [3.63, 3.8) is 0 Å². The zero-order valence-corrected chi connectivity index (χ0v) is 22.4. The molecule has 0 fully saturated rings. The van der Waals surface area contributed by atoms with Crippen molar-refractivity contribution in [2.45, 2.75) is 45.2 Å². The van der Waals surface area contributed by atoms with E-state index in [1.807, 2.05) is 69.3 Å². The summed E-state index contributed by atoms with van der Waals surface area (Å²) in [5.41, 5.74) is 1.89. The second-order valence-electron chi connectivity index (χ2n) is 9.53. The van der Waals surface area contributed by atoms with E-state index >= 15 is 0 Å². The molecular weight excluding hydrogens is 474 g/mol. The van der Waals surface area contributed by atoms with Gasteiger partial charge in [-0.15, -0.1) is 0 Å². The Morgan fingerprint density at radius 2 is 1.56 bits per heavy atom. The van der Waals surface area contributed by atoms with Crippen molar-refractivity contribution in [3.05, 3.63) is 77.9 Å². The monoisotopic (exact) mass is 509 g/mol. The first-order valence-electron chi connectivity index (χ1n) is 12.1. The van der Waals surface area contributed by atoms with Gasteiger partial charge >= 0.3 is 0 Å². The van der Waals surface area contributed by atoms with Crippen LogP contribution < -0.4 is 5.32 Å². The summed E-state index contributed by atoms with van der Waals surface area (Å²) in [5, 5.41) is 4.61. The maximum atomic E-state index is 13.5. The average molecular weight is 510 g/mol.